The Kier molecular flexibility index (Phi) is 4.91. The van der Waals surface area contributed by atoms with E-state index in [0.717, 1.165) is 21.5 Å². The van der Waals surface area contributed by atoms with E-state index in [1.165, 1.54) is 31.9 Å². The first kappa shape index (κ1) is 15.9. The second kappa shape index (κ2) is 7.08. The first-order valence-electron chi connectivity index (χ1n) is 7.78. The zero-order valence-corrected chi connectivity index (χ0v) is 14.6. The van der Waals surface area contributed by atoms with Gasteiger partial charge in [0.25, 0.3) is 5.91 Å². The Labute approximate surface area is 144 Å². The van der Waals surface area contributed by atoms with Crippen LogP contribution in [-0.4, -0.2) is 21.9 Å². The van der Waals surface area contributed by atoms with Crippen LogP contribution in [0.2, 0.25) is 0 Å². The molecule has 2 N–H and O–H groups in total. The first-order valence-corrected chi connectivity index (χ1v) is 8.57. The molecule has 1 amide bonds. The minimum absolute atomic E-state index is 0.254. The highest BCUT2D eigenvalue weighted by Gasteiger charge is 2.15. The number of aryl methyl sites for hydroxylation is 1. The summed E-state index contributed by atoms with van der Waals surface area (Å²) in [5.74, 6) is 0.476. The number of carbonyl (C=O) groups is 1. The molecule has 0 spiro atoms. The van der Waals surface area contributed by atoms with E-state index in [9.17, 15) is 4.79 Å². The number of nitrogens with one attached hydrogen (secondary N) is 2. The maximum Gasteiger partial charge on any atom is 0.275 e. The van der Waals surface area contributed by atoms with Gasteiger partial charge in [-0.3, -0.25) is 4.79 Å². The minimum Gasteiger partial charge on any atom is -0.366 e. The van der Waals surface area contributed by atoms with Gasteiger partial charge in [-0.25, -0.2) is 9.97 Å². The molecule has 0 saturated heterocycles. The molecule has 1 aliphatic rings. The number of benzene rings is 1. The topological polar surface area (TPSA) is 66.9 Å². The molecule has 23 heavy (non-hydrogen) atoms. The molecule has 1 saturated carbocycles. The average Bonchev–Trinajstić information content (AvgIpc) is 3.04. The standard InChI is InChI=1S/C17H19BrN4O/c1-11-8-12(18)6-7-14(11)22-17(23)15-9-20-16(10-19-15)21-13-4-2-3-5-13/h6-10,13H,2-5H2,1H3,(H,20,21)(H,22,23). The maximum atomic E-state index is 12.3. The molecule has 1 aliphatic carbocycles. The van der Waals surface area contributed by atoms with E-state index >= 15 is 0 Å². The SMILES string of the molecule is Cc1cc(Br)ccc1NC(=O)c1cnc(NC2CCCC2)cn1. The van der Waals surface area contributed by atoms with Crippen molar-refractivity contribution in [3.63, 3.8) is 0 Å². The van der Waals surface area contributed by atoms with Gasteiger partial charge in [0.05, 0.1) is 12.4 Å². The fraction of sp³-hybridized carbons (Fsp3) is 0.353. The number of hydrogen-bond donors (Lipinski definition) is 2. The van der Waals surface area contributed by atoms with Crippen LogP contribution in [0.3, 0.4) is 0 Å². The molecule has 120 valence electrons. The van der Waals surface area contributed by atoms with Crippen molar-refractivity contribution in [2.24, 2.45) is 0 Å². The lowest BCUT2D eigenvalue weighted by atomic mass is 10.2. The fourth-order valence-corrected chi connectivity index (χ4v) is 3.23. The molecule has 0 atom stereocenters. The highest BCUT2D eigenvalue weighted by Crippen LogP contribution is 2.22. The van der Waals surface area contributed by atoms with E-state index < -0.39 is 0 Å². The van der Waals surface area contributed by atoms with Gasteiger partial charge in [0.1, 0.15) is 11.5 Å². The molecule has 5 nitrogen and oxygen atoms in total. The van der Waals surface area contributed by atoms with E-state index in [1.54, 1.807) is 6.20 Å². The van der Waals surface area contributed by atoms with Crippen molar-refractivity contribution in [2.45, 2.75) is 38.6 Å². The van der Waals surface area contributed by atoms with E-state index in [4.69, 9.17) is 0 Å². The Bertz CT molecular complexity index is 696. The van der Waals surface area contributed by atoms with Gasteiger partial charge in [0.15, 0.2) is 0 Å². The van der Waals surface area contributed by atoms with Gasteiger partial charge < -0.3 is 10.6 Å². The molecular weight excluding hydrogens is 356 g/mol. The van der Waals surface area contributed by atoms with Crippen LogP contribution in [-0.2, 0) is 0 Å². The summed E-state index contributed by atoms with van der Waals surface area (Å²) < 4.78 is 0.982. The van der Waals surface area contributed by atoms with Crippen LogP contribution in [0, 0.1) is 6.92 Å². The number of halogens is 1. The molecule has 0 radical (unpaired) electrons. The Morgan fingerprint density at radius 1 is 1.22 bits per heavy atom. The molecular formula is C17H19BrN4O. The molecule has 2 aromatic rings. The number of aromatic nitrogens is 2. The second-order valence-electron chi connectivity index (χ2n) is 5.83. The van der Waals surface area contributed by atoms with Crippen LogP contribution in [0.4, 0.5) is 11.5 Å². The van der Waals surface area contributed by atoms with Gasteiger partial charge in [0, 0.05) is 16.2 Å². The summed E-state index contributed by atoms with van der Waals surface area (Å²) in [6, 6.07) is 6.19. The van der Waals surface area contributed by atoms with Gasteiger partial charge in [0.2, 0.25) is 0 Å². The number of nitrogens with zero attached hydrogens (tertiary/aromatic N) is 2. The van der Waals surface area contributed by atoms with Crippen LogP contribution in [0.1, 0.15) is 41.7 Å². The van der Waals surface area contributed by atoms with E-state index in [-0.39, 0.29) is 5.91 Å². The fourth-order valence-electron chi connectivity index (χ4n) is 2.75. The third-order valence-corrected chi connectivity index (χ3v) is 4.52. The Morgan fingerprint density at radius 2 is 2.00 bits per heavy atom. The highest BCUT2D eigenvalue weighted by atomic mass is 79.9. The molecule has 1 heterocycles. The summed E-state index contributed by atoms with van der Waals surface area (Å²) in [4.78, 5) is 20.8. The lowest BCUT2D eigenvalue weighted by molar-refractivity contribution is 0.102. The zero-order valence-electron chi connectivity index (χ0n) is 13.0. The Hall–Kier alpha value is -1.95. The lowest BCUT2D eigenvalue weighted by Gasteiger charge is -2.12. The molecule has 1 aromatic carbocycles. The maximum absolute atomic E-state index is 12.3. The van der Waals surface area contributed by atoms with Crippen molar-refractivity contribution in [1.82, 2.24) is 9.97 Å². The average molecular weight is 375 g/mol. The van der Waals surface area contributed by atoms with Crippen molar-refractivity contribution in [3.05, 3.63) is 46.3 Å². The van der Waals surface area contributed by atoms with Crippen molar-refractivity contribution < 1.29 is 4.79 Å². The van der Waals surface area contributed by atoms with Gasteiger partial charge in [-0.15, -0.1) is 0 Å². The molecule has 0 aliphatic heterocycles. The summed E-state index contributed by atoms with van der Waals surface area (Å²) in [6.45, 7) is 1.95. The van der Waals surface area contributed by atoms with Crippen LogP contribution >= 0.6 is 15.9 Å². The Morgan fingerprint density at radius 3 is 2.65 bits per heavy atom. The Balaban J connectivity index is 1.65. The van der Waals surface area contributed by atoms with Crippen molar-refractivity contribution in [3.8, 4) is 0 Å². The minimum atomic E-state index is -0.254. The van der Waals surface area contributed by atoms with Crippen LogP contribution in [0.15, 0.2) is 35.1 Å². The molecule has 3 rings (SSSR count). The smallest absolute Gasteiger partial charge is 0.275 e. The quantitative estimate of drug-likeness (QED) is 0.843. The van der Waals surface area contributed by atoms with Crippen LogP contribution < -0.4 is 10.6 Å². The number of rotatable bonds is 4. The summed E-state index contributed by atoms with van der Waals surface area (Å²) >= 11 is 3.41. The first-order chi connectivity index (χ1) is 11.1. The normalized spacial score (nSPS) is 14.7. The number of carbonyl (C=O) groups excluding carboxylic acids is 1. The predicted molar refractivity (Wildman–Crippen MR) is 94.7 cm³/mol. The van der Waals surface area contributed by atoms with Crippen molar-refractivity contribution in [1.29, 1.82) is 0 Å². The third kappa shape index (κ3) is 4.07. The van der Waals surface area contributed by atoms with Crippen molar-refractivity contribution >= 4 is 33.3 Å². The number of amides is 1. The van der Waals surface area contributed by atoms with Gasteiger partial charge in [-0.2, -0.15) is 0 Å². The van der Waals surface area contributed by atoms with E-state index in [1.807, 2.05) is 25.1 Å². The summed E-state index contributed by atoms with van der Waals surface area (Å²) in [6.07, 6.45) is 8.01. The predicted octanol–water partition coefficient (Wildman–Crippen LogP) is 4.15. The molecule has 1 fully saturated rings. The van der Waals surface area contributed by atoms with Gasteiger partial charge in [-0.05, 0) is 43.5 Å². The number of hydrogen-bond acceptors (Lipinski definition) is 4. The zero-order chi connectivity index (χ0) is 16.2. The van der Waals surface area contributed by atoms with E-state index in [2.05, 4.69) is 36.5 Å². The molecule has 0 unspecified atom stereocenters. The van der Waals surface area contributed by atoms with Gasteiger partial charge >= 0.3 is 0 Å². The molecule has 0 bridgehead atoms. The summed E-state index contributed by atoms with van der Waals surface area (Å²) in [7, 11) is 0. The summed E-state index contributed by atoms with van der Waals surface area (Å²) in [5, 5.41) is 6.23. The third-order valence-electron chi connectivity index (χ3n) is 4.03. The number of anilines is 2. The van der Waals surface area contributed by atoms with Crippen LogP contribution in [0.25, 0.3) is 0 Å². The lowest BCUT2D eigenvalue weighted by Crippen LogP contribution is -2.18. The summed E-state index contributed by atoms with van der Waals surface area (Å²) in [5.41, 5.74) is 2.07. The highest BCUT2D eigenvalue weighted by molar-refractivity contribution is 9.10. The molecule has 6 heteroatoms. The van der Waals surface area contributed by atoms with E-state index in [0.29, 0.717) is 11.7 Å². The monoisotopic (exact) mass is 374 g/mol. The van der Waals surface area contributed by atoms with Crippen molar-refractivity contribution in [2.75, 3.05) is 10.6 Å². The van der Waals surface area contributed by atoms with Crippen LogP contribution in [0.5, 0.6) is 0 Å². The molecule has 1 aromatic heterocycles. The second-order valence-corrected chi connectivity index (χ2v) is 6.74. The largest absolute Gasteiger partial charge is 0.366 e. The van der Waals surface area contributed by atoms with Gasteiger partial charge in [-0.1, -0.05) is 28.8 Å².